The van der Waals surface area contributed by atoms with Crippen LogP contribution in [-0.4, -0.2) is 45.8 Å². The van der Waals surface area contributed by atoms with E-state index in [4.69, 9.17) is 4.98 Å². The molecule has 3 heterocycles. The molecule has 1 aliphatic carbocycles. The lowest BCUT2D eigenvalue weighted by atomic mass is 9.89. The van der Waals surface area contributed by atoms with Crippen molar-refractivity contribution in [2.45, 2.75) is 46.5 Å². The molecule has 4 rings (SSSR count). The highest BCUT2D eigenvalue weighted by molar-refractivity contribution is 7.19. The van der Waals surface area contributed by atoms with Gasteiger partial charge in [0.15, 0.2) is 5.65 Å². The highest BCUT2D eigenvalue weighted by Crippen LogP contribution is 2.39. The van der Waals surface area contributed by atoms with Gasteiger partial charge in [-0.15, -0.1) is 11.3 Å². The first-order chi connectivity index (χ1) is 12.7. The Kier molecular flexibility index (Phi) is 5.09. The van der Waals surface area contributed by atoms with Crippen LogP contribution in [0.25, 0.3) is 15.9 Å². The summed E-state index contributed by atoms with van der Waals surface area (Å²) in [4.78, 5) is 13.7. The molecule has 0 amide bonds. The lowest BCUT2D eigenvalue weighted by molar-refractivity contribution is -0.896. The van der Waals surface area contributed by atoms with Crippen LogP contribution in [0.4, 0.5) is 5.95 Å². The standard InChI is InChI=1S/C19H28N6S/c1-4-24(5-2)10-6-9-20-19-23-18-16(17-21-12-22-25(17)19)14-11-13(3)7-8-15(14)26-18/h12-13H,4-11H2,1-3H3,(H,20,23)/p+1/t13-/m1/s1. The van der Waals surface area contributed by atoms with E-state index in [0.29, 0.717) is 0 Å². The van der Waals surface area contributed by atoms with Gasteiger partial charge in [-0.3, -0.25) is 0 Å². The zero-order valence-electron chi connectivity index (χ0n) is 16.0. The summed E-state index contributed by atoms with van der Waals surface area (Å²) < 4.78 is 1.89. The minimum Gasteiger partial charge on any atom is -0.354 e. The number of nitrogens with one attached hydrogen (secondary N) is 2. The van der Waals surface area contributed by atoms with Crippen molar-refractivity contribution in [3.05, 3.63) is 16.8 Å². The molecule has 3 aromatic rings. The van der Waals surface area contributed by atoms with E-state index in [2.05, 4.69) is 36.2 Å². The third-order valence-corrected chi connectivity index (χ3v) is 6.84. The Bertz CT molecular complexity index is 894. The molecular formula is C19H29N6S+. The Morgan fingerprint density at radius 1 is 1.35 bits per heavy atom. The molecule has 0 bridgehead atoms. The Morgan fingerprint density at radius 2 is 2.19 bits per heavy atom. The van der Waals surface area contributed by atoms with E-state index in [1.54, 1.807) is 11.2 Å². The molecule has 7 heteroatoms. The fourth-order valence-corrected chi connectivity index (χ4v) is 5.23. The molecule has 1 atom stereocenters. The van der Waals surface area contributed by atoms with Crippen LogP contribution in [0.5, 0.6) is 0 Å². The van der Waals surface area contributed by atoms with Crippen molar-refractivity contribution in [3.63, 3.8) is 0 Å². The second kappa shape index (κ2) is 7.48. The Hall–Kier alpha value is -1.73. The molecule has 2 N–H and O–H groups in total. The smallest absolute Gasteiger partial charge is 0.227 e. The van der Waals surface area contributed by atoms with Crippen molar-refractivity contribution in [1.82, 2.24) is 19.6 Å². The average Bonchev–Trinajstić information content (AvgIpc) is 3.25. The number of hydrogen-bond donors (Lipinski definition) is 2. The van der Waals surface area contributed by atoms with Gasteiger partial charge < -0.3 is 10.2 Å². The van der Waals surface area contributed by atoms with E-state index in [1.807, 2.05) is 15.9 Å². The molecule has 3 aromatic heterocycles. The number of quaternary nitrogens is 1. The number of nitrogens with zero attached hydrogens (tertiary/aromatic N) is 4. The van der Waals surface area contributed by atoms with Crippen molar-refractivity contribution >= 4 is 33.1 Å². The van der Waals surface area contributed by atoms with Crippen LogP contribution in [-0.2, 0) is 12.8 Å². The van der Waals surface area contributed by atoms with Crippen LogP contribution in [0.1, 0.15) is 44.1 Å². The van der Waals surface area contributed by atoms with E-state index >= 15 is 0 Å². The number of thiophene rings is 1. The number of rotatable bonds is 7. The van der Waals surface area contributed by atoms with Crippen molar-refractivity contribution < 1.29 is 4.90 Å². The zero-order valence-corrected chi connectivity index (χ0v) is 16.8. The van der Waals surface area contributed by atoms with Gasteiger partial charge in [0.25, 0.3) is 0 Å². The molecule has 0 spiro atoms. The Labute approximate surface area is 158 Å². The molecule has 6 nitrogen and oxygen atoms in total. The summed E-state index contributed by atoms with van der Waals surface area (Å²) >= 11 is 1.85. The quantitative estimate of drug-likeness (QED) is 0.623. The molecule has 0 aromatic carbocycles. The second-order valence-corrected chi connectivity index (χ2v) is 8.53. The molecule has 0 unspecified atom stereocenters. The minimum atomic E-state index is 0.739. The lowest BCUT2D eigenvalue weighted by Crippen LogP contribution is -3.11. The van der Waals surface area contributed by atoms with Crippen molar-refractivity contribution in [2.75, 3.05) is 31.5 Å². The lowest BCUT2D eigenvalue weighted by Gasteiger charge is -2.18. The number of hydrogen-bond acceptors (Lipinski definition) is 5. The highest BCUT2D eigenvalue weighted by Gasteiger charge is 2.24. The minimum absolute atomic E-state index is 0.739. The van der Waals surface area contributed by atoms with Gasteiger partial charge in [0.2, 0.25) is 5.95 Å². The number of aromatic nitrogens is 4. The maximum Gasteiger partial charge on any atom is 0.227 e. The number of aryl methyl sites for hydroxylation is 1. The summed E-state index contributed by atoms with van der Waals surface area (Å²) in [6.07, 6.45) is 6.37. The summed E-state index contributed by atoms with van der Waals surface area (Å²) in [6.45, 7) is 11.3. The molecule has 0 fully saturated rings. The summed E-state index contributed by atoms with van der Waals surface area (Å²) in [6, 6.07) is 0. The maximum absolute atomic E-state index is 4.92. The maximum atomic E-state index is 4.92. The van der Waals surface area contributed by atoms with Gasteiger partial charge >= 0.3 is 0 Å². The van der Waals surface area contributed by atoms with Crippen LogP contribution in [0.15, 0.2) is 6.33 Å². The normalized spacial score (nSPS) is 17.3. The first-order valence-corrected chi connectivity index (χ1v) is 10.7. The van der Waals surface area contributed by atoms with E-state index in [0.717, 1.165) is 41.7 Å². The van der Waals surface area contributed by atoms with Crippen LogP contribution in [0.3, 0.4) is 0 Å². The van der Waals surface area contributed by atoms with Crippen LogP contribution in [0.2, 0.25) is 0 Å². The first-order valence-electron chi connectivity index (χ1n) is 9.92. The monoisotopic (exact) mass is 373 g/mol. The summed E-state index contributed by atoms with van der Waals surface area (Å²) in [5, 5.41) is 9.17. The molecule has 140 valence electrons. The third-order valence-electron chi connectivity index (χ3n) is 5.66. The van der Waals surface area contributed by atoms with Crippen LogP contribution in [0, 0.1) is 5.92 Å². The first kappa shape index (κ1) is 17.7. The van der Waals surface area contributed by atoms with Crippen molar-refractivity contribution in [3.8, 4) is 0 Å². The molecule has 0 aliphatic heterocycles. The van der Waals surface area contributed by atoms with E-state index < -0.39 is 0 Å². The van der Waals surface area contributed by atoms with E-state index in [-0.39, 0.29) is 0 Å². The SMILES string of the molecule is CC[NH+](CC)CCCNc1nc2sc3c(c2c2ncnn12)C[C@H](C)CC3. The van der Waals surface area contributed by atoms with Gasteiger partial charge in [-0.05, 0) is 44.6 Å². The largest absolute Gasteiger partial charge is 0.354 e. The molecule has 26 heavy (non-hydrogen) atoms. The number of fused-ring (bicyclic) bond motifs is 5. The van der Waals surface area contributed by atoms with E-state index in [1.165, 1.54) is 48.3 Å². The highest BCUT2D eigenvalue weighted by atomic mass is 32.1. The zero-order chi connectivity index (χ0) is 18.1. The summed E-state index contributed by atoms with van der Waals surface area (Å²) in [5.41, 5.74) is 2.42. The van der Waals surface area contributed by atoms with Crippen LogP contribution >= 0.6 is 11.3 Å². The van der Waals surface area contributed by atoms with Gasteiger partial charge in [-0.25, -0.2) is 9.97 Å². The topological polar surface area (TPSA) is 59.5 Å². The Morgan fingerprint density at radius 3 is 3.00 bits per heavy atom. The Balaban J connectivity index is 1.61. The molecular weight excluding hydrogens is 344 g/mol. The summed E-state index contributed by atoms with van der Waals surface area (Å²) in [7, 11) is 0. The van der Waals surface area contributed by atoms with Crippen LogP contribution < -0.4 is 10.2 Å². The molecule has 0 saturated heterocycles. The van der Waals surface area contributed by atoms with Gasteiger partial charge in [-0.1, -0.05) is 6.92 Å². The predicted molar refractivity (Wildman–Crippen MR) is 107 cm³/mol. The molecule has 1 aliphatic rings. The fourth-order valence-electron chi connectivity index (χ4n) is 4.02. The summed E-state index contributed by atoms with van der Waals surface area (Å²) in [5.74, 6) is 1.56. The third kappa shape index (κ3) is 3.18. The molecule has 0 saturated carbocycles. The second-order valence-electron chi connectivity index (χ2n) is 7.45. The van der Waals surface area contributed by atoms with Gasteiger partial charge in [0, 0.05) is 17.8 Å². The molecule has 0 radical (unpaired) electrons. The average molecular weight is 374 g/mol. The fraction of sp³-hybridized carbons (Fsp3) is 0.632. The number of anilines is 1. The predicted octanol–water partition coefficient (Wildman–Crippen LogP) is 2.19. The van der Waals surface area contributed by atoms with Crippen molar-refractivity contribution in [1.29, 1.82) is 0 Å². The van der Waals surface area contributed by atoms with E-state index in [9.17, 15) is 0 Å². The van der Waals surface area contributed by atoms with Crippen molar-refractivity contribution in [2.24, 2.45) is 5.92 Å². The van der Waals surface area contributed by atoms with Gasteiger partial charge in [0.05, 0.1) is 25.0 Å². The van der Waals surface area contributed by atoms with Gasteiger partial charge in [-0.2, -0.15) is 9.61 Å². The van der Waals surface area contributed by atoms with Gasteiger partial charge in [0.1, 0.15) is 11.2 Å².